The Morgan fingerprint density at radius 3 is 2.83 bits per heavy atom. The summed E-state index contributed by atoms with van der Waals surface area (Å²) in [5.74, 6) is 0.407. The fourth-order valence-electron chi connectivity index (χ4n) is 1.57. The van der Waals surface area contributed by atoms with Crippen molar-refractivity contribution in [3.8, 4) is 0 Å². The fourth-order valence-corrected chi connectivity index (χ4v) is 1.57. The van der Waals surface area contributed by atoms with E-state index in [1.165, 1.54) is 25.9 Å². The minimum absolute atomic E-state index is 0.407. The quantitative estimate of drug-likeness (QED) is 0.709. The zero-order valence-electron chi connectivity index (χ0n) is 6.99. The first-order chi connectivity index (χ1) is 5.84. The Balaban J connectivity index is 1.94. The van der Waals surface area contributed by atoms with Gasteiger partial charge in [-0.25, -0.2) is 0 Å². The summed E-state index contributed by atoms with van der Waals surface area (Å²) < 4.78 is 4.78. The summed E-state index contributed by atoms with van der Waals surface area (Å²) in [7, 11) is 0. The minimum atomic E-state index is 0.407. The zero-order valence-corrected chi connectivity index (χ0v) is 6.99. The normalized spacial score (nSPS) is 18.7. The maximum Gasteiger partial charge on any atom is 0.222 e. The number of nitrogen functional groups attached to an aromatic ring is 1. The summed E-state index contributed by atoms with van der Waals surface area (Å²) in [5, 5.41) is 3.84. The maximum atomic E-state index is 5.41. The molecule has 1 aromatic heterocycles. The van der Waals surface area contributed by atoms with E-state index in [0.717, 1.165) is 12.2 Å². The molecule has 0 spiro atoms. The molecule has 0 unspecified atom stereocenters. The van der Waals surface area contributed by atoms with Crippen LogP contribution in [0.25, 0.3) is 0 Å². The Hall–Kier alpha value is -1.03. The molecule has 0 aromatic carbocycles. The van der Waals surface area contributed by atoms with Gasteiger partial charge in [-0.1, -0.05) is 5.16 Å². The Kier molecular flexibility index (Phi) is 1.99. The van der Waals surface area contributed by atoms with E-state index >= 15 is 0 Å². The average molecular weight is 167 g/mol. The summed E-state index contributed by atoms with van der Waals surface area (Å²) in [5.41, 5.74) is 6.34. The van der Waals surface area contributed by atoms with Gasteiger partial charge in [0, 0.05) is 12.6 Å². The number of hydrogen-bond donors (Lipinski definition) is 1. The van der Waals surface area contributed by atoms with Gasteiger partial charge in [-0.2, -0.15) is 0 Å². The van der Waals surface area contributed by atoms with E-state index in [-0.39, 0.29) is 0 Å². The van der Waals surface area contributed by atoms with E-state index in [1.807, 2.05) is 0 Å². The molecular formula is C8H13N3O. The molecule has 1 aliphatic heterocycles. The molecule has 2 heterocycles. The van der Waals surface area contributed by atoms with Crippen molar-refractivity contribution >= 4 is 5.88 Å². The molecule has 1 saturated heterocycles. The van der Waals surface area contributed by atoms with Crippen LogP contribution in [0.4, 0.5) is 5.88 Å². The highest BCUT2D eigenvalue weighted by molar-refractivity contribution is 5.24. The number of nitrogens with two attached hydrogens (primary N) is 1. The average Bonchev–Trinajstić information content (AvgIpc) is 2.63. The molecular weight excluding hydrogens is 154 g/mol. The predicted molar refractivity (Wildman–Crippen MR) is 45.4 cm³/mol. The highest BCUT2D eigenvalue weighted by Gasteiger charge is 2.13. The lowest BCUT2D eigenvalue weighted by molar-refractivity contribution is 0.315. The van der Waals surface area contributed by atoms with Crippen LogP contribution >= 0.6 is 0 Å². The molecule has 4 heteroatoms. The van der Waals surface area contributed by atoms with E-state index in [4.69, 9.17) is 10.3 Å². The van der Waals surface area contributed by atoms with Gasteiger partial charge in [-0.15, -0.1) is 0 Å². The summed E-state index contributed by atoms with van der Waals surface area (Å²) >= 11 is 0. The molecule has 0 bridgehead atoms. The molecule has 1 aromatic rings. The highest BCUT2D eigenvalue weighted by atomic mass is 16.5. The number of hydrogen-bond acceptors (Lipinski definition) is 4. The summed E-state index contributed by atoms with van der Waals surface area (Å²) in [6.45, 7) is 3.22. The van der Waals surface area contributed by atoms with Crippen molar-refractivity contribution in [2.75, 3.05) is 18.8 Å². The van der Waals surface area contributed by atoms with E-state index in [0.29, 0.717) is 5.88 Å². The maximum absolute atomic E-state index is 5.41. The molecule has 1 aliphatic rings. The molecule has 0 atom stereocenters. The minimum Gasteiger partial charge on any atom is -0.368 e. The van der Waals surface area contributed by atoms with Crippen molar-refractivity contribution < 1.29 is 4.52 Å². The molecule has 0 amide bonds. The van der Waals surface area contributed by atoms with Crippen LogP contribution in [0.2, 0.25) is 0 Å². The Morgan fingerprint density at radius 1 is 1.50 bits per heavy atom. The number of likely N-dealkylation sites (tertiary alicyclic amines) is 1. The third-order valence-electron chi connectivity index (χ3n) is 2.16. The lowest BCUT2D eigenvalue weighted by atomic mass is 10.4. The molecule has 0 radical (unpaired) electrons. The van der Waals surface area contributed by atoms with Gasteiger partial charge in [-0.05, 0) is 25.9 Å². The SMILES string of the molecule is Nc1cc(CN2CCCC2)no1. The van der Waals surface area contributed by atoms with E-state index < -0.39 is 0 Å². The van der Waals surface area contributed by atoms with Crippen LogP contribution in [0.5, 0.6) is 0 Å². The standard InChI is InChI=1S/C8H13N3O/c9-8-5-7(10-12-8)6-11-3-1-2-4-11/h5H,1-4,6,9H2. The summed E-state index contributed by atoms with van der Waals surface area (Å²) in [6, 6.07) is 1.79. The van der Waals surface area contributed by atoms with Crippen molar-refractivity contribution in [1.82, 2.24) is 10.1 Å². The summed E-state index contributed by atoms with van der Waals surface area (Å²) in [4.78, 5) is 2.36. The molecule has 0 saturated carbocycles. The number of rotatable bonds is 2. The first-order valence-corrected chi connectivity index (χ1v) is 4.28. The van der Waals surface area contributed by atoms with Gasteiger partial charge < -0.3 is 10.3 Å². The molecule has 12 heavy (non-hydrogen) atoms. The fraction of sp³-hybridized carbons (Fsp3) is 0.625. The Morgan fingerprint density at radius 2 is 2.25 bits per heavy atom. The lowest BCUT2D eigenvalue weighted by Gasteiger charge is -2.10. The number of nitrogens with zero attached hydrogens (tertiary/aromatic N) is 2. The predicted octanol–water partition coefficient (Wildman–Crippen LogP) is 0.853. The second-order valence-corrected chi connectivity index (χ2v) is 3.20. The van der Waals surface area contributed by atoms with Gasteiger partial charge in [0.25, 0.3) is 0 Å². The third-order valence-corrected chi connectivity index (χ3v) is 2.16. The van der Waals surface area contributed by atoms with Crippen LogP contribution < -0.4 is 5.73 Å². The zero-order chi connectivity index (χ0) is 8.39. The van der Waals surface area contributed by atoms with Crippen molar-refractivity contribution in [2.24, 2.45) is 0 Å². The number of anilines is 1. The van der Waals surface area contributed by atoms with E-state index in [1.54, 1.807) is 6.07 Å². The van der Waals surface area contributed by atoms with Crippen LogP contribution in [0.15, 0.2) is 10.6 Å². The largest absolute Gasteiger partial charge is 0.368 e. The smallest absolute Gasteiger partial charge is 0.222 e. The Bertz CT molecular complexity index is 253. The van der Waals surface area contributed by atoms with Gasteiger partial charge >= 0.3 is 0 Å². The third kappa shape index (κ3) is 1.58. The van der Waals surface area contributed by atoms with E-state index in [2.05, 4.69) is 10.1 Å². The molecule has 0 aliphatic carbocycles. The highest BCUT2D eigenvalue weighted by Crippen LogP contribution is 2.13. The first kappa shape index (κ1) is 7.61. The van der Waals surface area contributed by atoms with Crippen molar-refractivity contribution in [3.05, 3.63) is 11.8 Å². The molecule has 2 N–H and O–H groups in total. The molecule has 2 rings (SSSR count). The lowest BCUT2D eigenvalue weighted by Crippen LogP contribution is -2.18. The van der Waals surface area contributed by atoms with Crippen molar-refractivity contribution in [2.45, 2.75) is 19.4 Å². The second kappa shape index (κ2) is 3.15. The van der Waals surface area contributed by atoms with Gasteiger partial charge in [0.05, 0.1) is 5.69 Å². The van der Waals surface area contributed by atoms with Crippen LogP contribution in [0.3, 0.4) is 0 Å². The van der Waals surface area contributed by atoms with E-state index in [9.17, 15) is 0 Å². The van der Waals surface area contributed by atoms with Crippen LogP contribution in [-0.4, -0.2) is 23.1 Å². The number of aromatic nitrogens is 1. The van der Waals surface area contributed by atoms with Gasteiger partial charge in [0.1, 0.15) is 0 Å². The van der Waals surface area contributed by atoms with Crippen LogP contribution in [0, 0.1) is 0 Å². The van der Waals surface area contributed by atoms with Crippen molar-refractivity contribution in [3.63, 3.8) is 0 Å². The molecule has 66 valence electrons. The molecule has 1 fully saturated rings. The van der Waals surface area contributed by atoms with Gasteiger partial charge in [0.15, 0.2) is 0 Å². The monoisotopic (exact) mass is 167 g/mol. The second-order valence-electron chi connectivity index (χ2n) is 3.20. The first-order valence-electron chi connectivity index (χ1n) is 4.28. The summed E-state index contributed by atoms with van der Waals surface area (Å²) in [6.07, 6.45) is 2.60. The molecule has 4 nitrogen and oxygen atoms in total. The van der Waals surface area contributed by atoms with Crippen molar-refractivity contribution in [1.29, 1.82) is 0 Å². The van der Waals surface area contributed by atoms with Crippen LogP contribution in [0.1, 0.15) is 18.5 Å². The van der Waals surface area contributed by atoms with Gasteiger partial charge in [-0.3, -0.25) is 4.90 Å². The topological polar surface area (TPSA) is 55.3 Å². The van der Waals surface area contributed by atoms with Gasteiger partial charge in [0.2, 0.25) is 5.88 Å². The van der Waals surface area contributed by atoms with Crippen LogP contribution in [-0.2, 0) is 6.54 Å². The Labute approximate surface area is 71.3 Å².